The lowest BCUT2D eigenvalue weighted by molar-refractivity contribution is 0.393. The van der Waals surface area contributed by atoms with Gasteiger partial charge in [0.25, 0.3) is 10.0 Å². The molecule has 0 bridgehead atoms. The Morgan fingerprint density at radius 1 is 1.08 bits per heavy atom. The number of benzene rings is 1. The Bertz CT molecular complexity index is 1160. The van der Waals surface area contributed by atoms with Gasteiger partial charge in [0.15, 0.2) is 0 Å². The van der Waals surface area contributed by atoms with Crippen LogP contribution >= 0.6 is 0 Å². The first kappa shape index (κ1) is 15.6. The number of fused-ring (bicyclic) bond motifs is 1. The number of aryl methyl sites for hydroxylation is 2. The molecule has 0 aliphatic rings. The second-order valence-corrected chi connectivity index (χ2v) is 7.57. The second kappa shape index (κ2) is 5.56. The van der Waals surface area contributed by atoms with E-state index in [-0.39, 0.29) is 4.90 Å². The van der Waals surface area contributed by atoms with E-state index in [0.29, 0.717) is 16.8 Å². The van der Waals surface area contributed by atoms with Crippen molar-refractivity contribution in [2.45, 2.75) is 18.7 Å². The zero-order valence-corrected chi connectivity index (χ0v) is 14.5. The van der Waals surface area contributed by atoms with Crippen LogP contribution in [0.3, 0.4) is 0 Å². The largest absolute Gasteiger partial charge is 0.361 e. The van der Waals surface area contributed by atoms with Gasteiger partial charge < -0.3 is 4.52 Å². The maximum absolute atomic E-state index is 12.9. The highest BCUT2D eigenvalue weighted by Gasteiger charge is 2.20. The molecule has 0 atom stereocenters. The molecule has 4 rings (SSSR count). The summed E-state index contributed by atoms with van der Waals surface area (Å²) in [4.78, 5) is 4.62. The molecule has 4 aromatic rings. The molecule has 0 amide bonds. The van der Waals surface area contributed by atoms with E-state index in [0.717, 1.165) is 16.8 Å². The average molecular weight is 353 g/mol. The lowest BCUT2D eigenvalue weighted by Crippen LogP contribution is -2.11. The average Bonchev–Trinajstić information content (AvgIpc) is 3.18. The number of pyridine rings is 1. The van der Waals surface area contributed by atoms with Crippen molar-refractivity contribution in [3.63, 3.8) is 0 Å². The molecule has 1 aromatic carbocycles. The summed E-state index contributed by atoms with van der Waals surface area (Å²) in [5, 5.41) is 3.95. The quantitative estimate of drug-likeness (QED) is 0.563. The summed E-state index contributed by atoms with van der Waals surface area (Å²) in [6.07, 6.45) is 3.23. The molecule has 0 saturated heterocycles. The highest BCUT2D eigenvalue weighted by atomic mass is 32.2. The number of hydrogen-bond donors (Lipinski definition) is 0. The van der Waals surface area contributed by atoms with Gasteiger partial charge in [-0.1, -0.05) is 23.4 Å². The zero-order valence-electron chi connectivity index (χ0n) is 13.7. The first-order valence-corrected chi connectivity index (χ1v) is 9.13. The Morgan fingerprint density at radius 3 is 2.52 bits per heavy atom. The SMILES string of the molecule is Cc1noc(C)c1-c1cnc2ccn(S(=O)(=O)c3ccccc3)c2c1. The fraction of sp³-hybridized carbons (Fsp3) is 0.111. The van der Waals surface area contributed by atoms with E-state index in [1.54, 1.807) is 48.7 Å². The van der Waals surface area contributed by atoms with Crippen LogP contribution in [0.1, 0.15) is 11.5 Å². The summed E-state index contributed by atoms with van der Waals surface area (Å²) in [5.74, 6) is 0.669. The van der Waals surface area contributed by atoms with Crippen molar-refractivity contribution >= 4 is 21.1 Å². The smallest absolute Gasteiger partial charge is 0.268 e. The summed E-state index contributed by atoms with van der Waals surface area (Å²) in [5.41, 5.74) is 3.46. The van der Waals surface area contributed by atoms with Crippen LogP contribution in [0.15, 0.2) is 64.3 Å². The minimum atomic E-state index is -3.69. The predicted molar refractivity (Wildman–Crippen MR) is 93.7 cm³/mol. The monoisotopic (exact) mass is 353 g/mol. The van der Waals surface area contributed by atoms with Gasteiger partial charge in [0.1, 0.15) is 5.76 Å². The van der Waals surface area contributed by atoms with Crippen molar-refractivity contribution in [3.8, 4) is 11.1 Å². The van der Waals surface area contributed by atoms with E-state index in [1.807, 2.05) is 13.8 Å². The number of rotatable bonds is 3. The van der Waals surface area contributed by atoms with E-state index < -0.39 is 10.0 Å². The lowest BCUT2D eigenvalue weighted by atomic mass is 10.1. The molecule has 0 spiro atoms. The Kier molecular flexibility index (Phi) is 3.47. The van der Waals surface area contributed by atoms with Crippen molar-refractivity contribution in [2.24, 2.45) is 0 Å². The zero-order chi connectivity index (χ0) is 17.6. The van der Waals surface area contributed by atoms with Gasteiger partial charge in [0.05, 0.1) is 21.6 Å². The molecule has 0 unspecified atom stereocenters. The minimum absolute atomic E-state index is 0.232. The Hall–Kier alpha value is -2.93. The Labute approximate surface area is 144 Å². The Morgan fingerprint density at radius 2 is 1.84 bits per heavy atom. The first-order valence-electron chi connectivity index (χ1n) is 7.69. The number of hydrogen-bond acceptors (Lipinski definition) is 5. The Balaban J connectivity index is 1.94. The molecular weight excluding hydrogens is 338 g/mol. The summed E-state index contributed by atoms with van der Waals surface area (Å²) < 4.78 is 32.4. The van der Waals surface area contributed by atoms with Gasteiger partial charge in [-0.2, -0.15) is 0 Å². The molecule has 6 nitrogen and oxygen atoms in total. The third-order valence-electron chi connectivity index (χ3n) is 4.12. The summed E-state index contributed by atoms with van der Waals surface area (Å²) in [6.45, 7) is 3.66. The van der Waals surface area contributed by atoms with Crippen LogP contribution < -0.4 is 0 Å². The van der Waals surface area contributed by atoms with E-state index in [2.05, 4.69) is 10.1 Å². The fourth-order valence-electron chi connectivity index (χ4n) is 2.93. The maximum atomic E-state index is 12.9. The van der Waals surface area contributed by atoms with Gasteiger partial charge in [-0.25, -0.2) is 12.4 Å². The van der Waals surface area contributed by atoms with Crippen LogP contribution in [-0.2, 0) is 10.0 Å². The lowest BCUT2D eigenvalue weighted by Gasteiger charge is -2.08. The van der Waals surface area contributed by atoms with Crippen LogP contribution in [0.4, 0.5) is 0 Å². The summed E-state index contributed by atoms with van der Waals surface area (Å²) in [7, 11) is -3.69. The van der Waals surface area contributed by atoms with Gasteiger partial charge in [-0.3, -0.25) is 4.98 Å². The van der Waals surface area contributed by atoms with Crippen LogP contribution in [-0.4, -0.2) is 22.5 Å². The molecule has 3 aromatic heterocycles. The third kappa shape index (κ3) is 2.44. The molecule has 7 heteroatoms. The molecule has 0 aliphatic heterocycles. The van der Waals surface area contributed by atoms with Crippen LogP contribution in [0, 0.1) is 13.8 Å². The van der Waals surface area contributed by atoms with E-state index >= 15 is 0 Å². The van der Waals surface area contributed by atoms with Crippen LogP contribution in [0.5, 0.6) is 0 Å². The van der Waals surface area contributed by atoms with Gasteiger partial charge in [-0.05, 0) is 38.1 Å². The third-order valence-corrected chi connectivity index (χ3v) is 5.83. The molecular formula is C18H15N3O3S. The molecule has 0 fully saturated rings. The molecule has 0 radical (unpaired) electrons. The predicted octanol–water partition coefficient (Wildman–Crippen LogP) is 3.55. The van der Waals surface area contributed by atoms with Gasteiger partial charge in [-0.15, -0.1) is 0 Å². The standard InChI is InChI=1S/C18H15N3O3S/c1-12-18(13(2)24-20-12)14-10-17-16(19-11-14)8-9-21(17)25(22,23)15-6-4-3-5-7-15/h3-11H,1-2H3. The van der Waals surface area contributed by atoms with Gasteiger partial charge >= 0.3 is 0 Å². The minimum Gasteiger partial charge on any atom is -0.361 e. The molecule has 126 valence electrons. The van der Waals surface area contributed by atoms with Crippen LogP contribution in [0.2, 0.25) is 0 Å². The molecule has 0 saturated carbocycles. The highest BCUT2D eigenvalue weighted by Crippen LogP contribution is 2.30. The van der Waals surface area contributed by atoms with E-state index in [4.69, 9.17) is 4.52 Å². The maximum Gasteiger partial charge on any atom is 0.268 e. The summed E-state index contributed by atoms with van der Waals surface area (Å²) in [6, 6.07) is 11.8. The van der Waals surface area contributed by atoms with E-state index in [1.165, 1.54) is 10.2 Å². The van der Waals surface area contributed by atoms with Crippen molar-refractivity contribution in [1.29, 1.82) is 0 Å². The second-order valence-electron chi connectivity index (χ2n) is 5.76. The van der Waals surface area contributed by atoms with Crippen molar-refractivity contribution in [3.05, 3.63) is 66.3 Å². The topological polar surface area (TPSA) is 78.0 Å². The van der Waals surface area contributed by atoms with Crippen molar-refractivity contribution in [2.75, 3.05) is 0 Å². The van der Waals surface area contributed by atoms with Gasteiger partial charge in [0, 0.05) is 23.5 Å². The van der Waals surface area contributed by atoms with Crippen LogP contribution in [0.25, 0.3) is 22.2 Å². The molecule has 0 aliphatic carbocycles. The molecule has 0 N–H and O–H groups in total. The van der Waals surface area contributed by atoms with Gasteiger partial charge in [0.2, 0.25) is 0 Å². The number of nitrogens with zero attached hydrogens (tertiary/aromatic N) is 3. The van der Waals surface area contributed by atoms with Crippen molar-refractivity contribution in [1.82, 2.24) is 14.1 Å². The summed E-state index contributed by atoms with van der Waals surface area (Å²) >= 11 is 0. The molecule has 3 heterocycles. The fourth-order valence-corrected chi connectivity index (χ4v) is 4.29. The van der Waals surface area contributed by atoms with Crippen molar-refractivity contribution < 1.29 is 12.9 Å². The number of aromatic nitrogens is 3. The first-order chi connectivity index (χ1) is 12.0. The van der Waals surface area contributed by atoms with E-state index in [9.17, 15) is 8.42 Å². The molecule has 25 heavy (non-hydrogen) atoms. The highest BCUT2D eigenvalue weighted by molar-refractivity contribution is 7.90. The normalized spacial score (nSPS) is 11.9.